The minimum Gasteiger partial charge on any atom is -0.309 e. The van der Waals surface area contributed by atoms with Crippen LogP contribution < -0.4 is 0 Å². The lowest BCUT2D eigenvalue weighted by molar-refractivity contribution is 1.18. The number of nitrogens with zero attached hydrogens (tertiary/aromatic N) is 1. The molecular formula is C56H33NS. The number of para-hydroxylation sites is 2. The van der Waals surface area contributed by atoms with Crippen LogP contribution in [0.4, 0.5) is 0 Å². The largest absolute Gasteiger partial charge is 0.309 e. The van der Waals surface area contributed by atoms with Gasteiger partial charge < -0.3 is 4.57 Å². The van der Waals surface area contributed by atoms with Crippen molar-refractivity contribution < 1.29 is 0 Å². The molecular weight excluding hydrogens is 719 g/mol. The van der Waals surface area contributed by atoms with Gasteiger partial charge in [-0.1, -0.05) is 146 Å². The summed E-state index contributed by atoms with van der Waals surface area (Å²) in [4.78, 5) is 0. The van der Waals surface area contributed by atoms with Crippen molar-refractivity contribution in [2.24, 2.45) is 0 Å². The molecule has 13 aromatic rings. The number of hydrogen-bond acceptors (Lipinski definition) is 1. The molecule has 0 atom stereocenters. The van der Waals surface area contributed by atoms with Crippen molar-refractivity contribution in [1.29, 1.82) is 0 Å². The van der Waals surface area contributed by atoms with E-state index in [2.05, 4.69) is 205 Å². The van der Waals surface area contributed by atoms with Gasteiger partial charge in [-0.05, 0) is 125 Å². The fraction of sp³-hybridized carbons (Fsp3) is 0. The van der Waals surface area contributed by atoms with Crippen molar-refractivity contribution in [1.82, 2.24) is 4.57 Å². The van der Waals surface area contributed by atoms with E-state index in [9.17, 15) is 0 Å². The third-order valence-electron chi connectivity index (χ3n) is 12.5. The zero-order chi connectivity index (χ0) is 37.9. The molecule has 0 spiro atoms. The summed E-state index contributed by atoms with van der Waals surface area (Å²) in [5, 5.41) is 18.1. The minimum absolute atomic E-state index is 1.18. The van der Waals surface area contributed by atoms with E-state index in [0.29, 0.717) is 0 Å². The van der Waals surface area contributed by atoms with Crippen molar-refractivity contribution in [3.63, 3.8) is 0 Å². The molecule has 2 heterocycles. The molecule has 0 saturated carbocycles. The van der Waals surface area contributed by atoms with Crippen molar-refractivity contribution in [3.8, 4) is 27.9 Å². The average Bonchev–Trinajstić information content (AvgIpc) is 3.84. The van der Waals surface area contributed by atoms with Crippen LogP contribution >= 0.6 is 11.3 Å². The maximum absolute atomic E-state index is 2.43. The molecule has 0 aliphatic carbocycles. The predicted octanol–water partition coefficient (Wildman–Crippen LogP) is 16.3. The predicted molar refractivity (Wildman–Crippen MR) is 252 cm³/mol. The zero-order valence-electron chi connectivity index (χ0n) is 31.4. The molecule has 0 aliphatic heterocycles. The van der Waals surface area contributed by atoms with Crippen LogP contribution in [-0.4, -0.2) is 4.57 Å². The number of rotatable bonds is 3. The lowest BCUT2D eigenvalue weighted by Gasteiger charge is -2.14. The molecule has 0 N–H and O–H groups in total. The van der Waals surface area contributed by atoms with E-state index >= 15 is 0 Å². The van der Waals surface area contributed by atoms with Gasteiger partial charge in [0.1, 0.15) is 0 Å². The van der Waals surface area contributed by atoms with Gasteiger partial charge in [0.05, 0.1) is 11.0 Å². The lowest BCUT2D eigenvalue weighted by Crippen LogP contribution is -1.93. The van der Waals surface area contributed by atoms with E-state index in [1.54, 1.807) is 0 Å². The average molecular weight is 752 g/mol. The second-order valence-electron chi connectivity index (χ2n) is 15.6. The van der Waals surface area contributed by atoms with Crippen molar-refractivity contribution in [3.05, 3.63) is 200 Å². The van der Waals surface area contributed by atoms with Gasteiger partial charge in [-0.15, -0.1) is 11.3 Å². The molecule has 2 aromatic heterocycles. The van der Waals surface area contributed by atoms with Gasteiger partial charge in [0.15, 0.2) is 0 Å². The van der Waals surface area contributed by atoms with E-state index in [1.807, 2.05) is 11.3 Å². The van der Waals surface area contributed by atoms with Crippen LogP contribution in [0, 0.1) is 0 Å². The summed E-state index contributed by atoms with van der Waals surface area (Å²) in [6, 6.07) is 74.5. The highest BCUT2D eigenvalue weighted by molar-refractivity contribution is 7.25. The van der Waals surface area contributed by atoms with Gasteiger partial charge in [0.25, 0.3) is 0 Å². The first-order valence-corrected chi connectivity index (χ1v) is 20.8. The lowest BCUT2D eigenvalue weighted by atomic mass is 9.90. The first-order valence-electron chi connectivity index (χ1n) is 20.0. The number of fused-ring (bicyclic) bond motifs is 16. The molecule has 0 radical (unpaired) electrons. The van der Waals surface area contributed by atoms with Crippen LogP contribution in [-0.2, 0) is 0 Å². The highest BCUT2D eigenvalue weighted by Crippen LogP contribution is 2.45. The maximum atomic E-state index is 2.43. The Morgan fingerprint density at radius 3 is 1.71 bits per heavy atom. The summed E-state index contributed by atoms with van der Waals surface area (Å²) in [6.45, 7) is 0. The highest BCUT2D eigenvalue weighted by atomic mass is 32.1. The Balaban J connectivity index is 1.00. The summed E-state index contributed by atoms with van der Waals surface area (Å²) >= 11 is 1.88. The Morgan fingerprint density at radius 1 is 0.293 bits per heavy atom. The molecule has 0 bridgehead atoms. The number of hydrogen-bond donors (Lipinski definition) is 0. The SMILES string of the molecule is c1ccc(-n2c3ccccc3c3c4c5ccccc5c5cc(-c6ccc7sc8ccc(-c9cccc%10c9ccc9ccccc9%10)cc8c7c6)ccc5c4ccc32)cc1. The van der Waals surface area contributed by atoms with E-state index in [0.717, 1.165) is 0 Å². The second-order valence-corrected chi connectivity index (χ2v) is 16.7. The number of aromatic nitrogens is 1. The Morgan fingerprint density at radius 2 is 0.862 bits per heavy atom. The second kappa shape index (κ2) is 12.1. The normalized spacial score (nSPS) is 12.1. The molecule has 11 aromatic carbocycles. The van der Waals surface area contributed by atoms with Crippen molar-refractivity contribution in [2.75, 3.05) is 0 Å². The standard InChI is InChI=1S/C56H33NS/c1-2-12-38(13-3-1)57-51-20-9-8-17-47(51)56-52(57)28-27-46-44-26-22-35(31-48(44)42-15-6-7-16-45(42)55(46)56)36-23-29-53-49(32-36)50-33-37(24-30-54(50)58-53)40-18-10-19-41-39-14-5-4-11-34(39)21-25-43(40)41/h1-33H. The maximum Gasteiger partial charge on any atom is 0.0547 e. The third-order valence-corrected chi connectivity index (χ3v) is 13.7. The van der Waals surface area contributed by atoms with E-state index in [4.69, 9.17) is 0 Å². The van der Waals surface area contributed by atoms with Gasteiger partial charge in [-0.3, -0.25) is 0 Å². The van der Waals surface area contributed by atoms with E-state index in [-0.39, 0.29) is 0 Å². The summed E-state index contributed by atoms with van der Waals surface area (Å²) in [5.74, 6) is 0. The first-order chi connectivity index (χ1) is 28.8. The van der Waals surface area contributed by atoms with Crippen molar-refractivity contribution >= 4 is 107 Å². The zero-order valence-corrected chi connectivity index (χ0v) is 32.2. The van der Waals surface area contributed by atoms with Crippen molar-refractivity contribution in [2.45, 2.75) is 0 Å². The van der Waals surface area contributed by atoms with Gasteiger partial charge in [0, 0.05) is 42.0 Å². The Hall–Kier alpha value is -7.26. The topological polar surface area (TPSA) is 4.93 Å². The Kier molecular flexibility index (Phi) is 6.66. The molecule has 1 nitrogen and oxygen atoms in total. The van der Waals surface area contributed by atoms with Crippen LogP contribution in [0.15, 0.2) is 200 Å². The van der Waals surface area contributed by atoms with Gasteiger partial charge in [-0.2, -0.15) is 0 Å². The summed E-state index contributed by atoms with van der Waals surface area (Å²) in [5.41, 5.74) is 8.63. The molecule has 58 heavy (non-hydrogen) atoms. The quantitative estimate of drug-likeness (QED) is 0.158. The van der Waals surface area contributed by atoms with Crippen LogP contribution in [0.2, 0.25) is 0 Å². The smallest absolute Gasteiger partial charge is 0.0547 e. The number of thiophene rings is 1. The Labute approximate surface area is 338 Å². The van der Waals surface area contributed by atoms with E-state index < -0.39 is 0 Å². The van der Waals surface area contributed by atoms with Crippen LogP contribution in [0.25, 0.3) is 124 Å². The van der Waals surface area contributed by atoms with E-state index in [1.165, 1.54) is 124 Å². The van der Waals surface area contributed by atoms with Gasteiger partial charge >= 0.3 is 0 Å². The van der Waals surface area contributed by atoms with Gasteiger partial charge in [0.2, 0.25) is 0 Å². The van der Waals surface area contributed by atoms with Crippen LogP contribution in [0.3, 0.4) is 0 Å². The summed E-state index contributed by atoms with van der Waals surface area (Å²) in [7, 11) is 0. The Bertz CT molecular complexity index is 3830. The van der Waals surface area contributed by atoms with Crippen LogP contribution in [0.1, 0.15) is 0 Å². The highest BCUT2D eigenvalue weighted by Gasteiger charge is 2.19. The molecule has 0 amide bonds. The molecule has 13 rings (SSSR count). The number of benzene rings is 11. The van der Waals surface area contributed by atoms with Gasteiger partial charge in [-0.25, -0.2) is 0 Å². The molecule has 268 valence electrons. The molecule has 0 fully saturated rings. The molecule has 0 saturated heterocycles. The molecule has 0 aliphatic rings. The monoisotopic (exact) mass is 751 g/mol. The fourth-order valence-electron chi connectivity index (χ4n) is 9.95. The first kappa shape index (κ1) is 31.9. The summed E-state index contributed by atoms with van der Waals surface area (Å²) < 4.78 is 5.05. The minimum atomic E-state index is 1.18. The third kappa shape index (κ3) is 4.52. The van der Waals surface area contributed by atoms with Crippen LogP contribution in [0.5, 0.6) is 0 Å². The summed E-state index contributed by atoms with van der Waals surface area (Å²) in [6.07, 6.45) is 0. The fourth-order valence-corrected chi connectivity index (χ4v) is 11.0. The molecule has 2 heteroatoms. The molecule has 0 unspecified atom stereocenters.